The van der Waals surface area contributed by atoms with Crippen molar-refractivity contribution in [2.45, 2.75) is 44.6 Å². The second-order valence-corrected chi connectivity index (χ2v) is 9.26. The van der Waals surface area contributed by atoms with Crippen LogP contribution in [0.15, 0.2) is 42.9 Å². The lowest BCUT2D eigenvalue weighted by atomic mass is 9.66. The summed E-state index contributed by atoms with van der Waals surface area (Å²) >= 11 is 0. The van der Waals surface area contributed by atoms with Crippen molar-refractivity contribution in [1.82, 2.24) is 19.9 Å². The van der Waals surface area contributed by atoms with E-state index >= 15 is 0 Å². The number of fused-ring (bicyclic) bond motifs is 1. The van der Waals surface area contributed by atoms with Crippen molar-refractivity contribution in [2.24, 2.45) is 5.41 Å². The maximum absolute atomic E-state index is 12.9. The number of nitrogens with one attached hydrogen (secondary N) is 1. The van der Waals surface area contributed by atoms with Gasteiger partial charge in [-0.15, -0.1) is 0 Å². The quantitative estimate of drug-likeness (QED) is 0.678. The van der Waals surface area contributed by atoms with Gasteiger partial charge in [0.2, 0.25) is 0 Å². The van der Waals surface area contributed by atoms with Gasteiger partial charge in [0, 0.05) is 37.9 Å². The Kier molecular flexibility index (Phi) is 5.30. The second kappa shape index (κ2) is 8.27. The highest BCUT2D eigenvalue weighted by atomic mass is 16.2. The van der Waals surface area contributed by atoms with E-state index in [0.717, 1.165) is 55.6 Å². The number of rotatable bonds is 3. The number of hydrogen-bond acceptors (Lipinski definition) is 5. The van der Waals surface area contributed by atoms with Crippen molar-refractivity contribution in [1.29, 1.82) is 5.26 Å². The number of amides is 1. The van der Waals surface area contributed by atoms with Gasteiger partial charge >= 0.3 is 0 Å². The van der Waals surface area contributed by atoms with Gasteiger partial charge in [0.05, 0.1) is 17.0 Å². The summed E-state index contributed by atoms with van der Waals surface area (Å²) in [7, 11) is 2.15. The predicted molar refractivity (Wildman–Crippen MR) is 123 cm³/mol. The molecule has 1 aromatic carbocycles. The first-order valence-corrected chi connectivity index (χ1v) is 11.4. The minimum absolute atomic E-state index is 0.0460. The zero-order chi connectivity index (χ0) is 22.1. The van der Waals surface area contributed by atoms with Gasteiger partial charge in [-0.2, -0.15) is 5.26 Å². The number of carbonyl (C=O) groups is 1. The molecule has 3 heterocycles. The van der Waals surface area contributed by atoms with Crippen molar-refractivity contribution in [2.75, 3.05) is 25.0 Å². The maximum Gasteiger partial charge on any atom is 0.253 e. The number of aromatic amines is 1. The third-order valence-electron chi connectivity index (χ3n) is 7.58. The Morgan fingerprint density at radius 2 is 1.97 bits per heavy atom. The van der Waals surface area contributed by atoms with Crippen molar-refractivity contribution in [3.05, 3.63) is 54.0 Å². The molecule has 2 aromatic heterocycles. The van der Waals surface area contributed by atoms with Crippen LogP contribution in [0.25, 0.3) is 11.0 Å². The summed E-state index contributed by atoms with van der Waals surface area (Å²) < 4.78 is 0. The van der Waals surface area contributed by atoms with Gasteiger partial charge in [0.25, 0.3) is 5.91 Å². The lowest BCUT2D eigenvalue weighted by Gasteiger charge is -2.47. The van der Waals surface area contributed by atoms with E-state index < -0.39 is 0 Å². The predicted octanol–water partition coefficient (Wildman–Crippen LogP) is 4.13. The zero-order valence-electron chi connectivity index (χ0n) is 18.4. The molecule has 0 radical (unpaired) electrons. The minimum Gasteiger partial charge on any atom is -0.356 e. The van der Waals surface area contributed by atoms with E-state index in [2.05, 4.69) is 33.0 Å². The van der Waals surface area contributed by atoms with E-state index in [9.17, 15) is 4.79 Å². The fourth-order valence-electron chi connectivity index (χ4n) is 5.50. The fraction of sp³-hybridized carbons (Fsp3) is 0.440. The Balaban J connectivity index is 1.20. The molecule has 0 atom stereocenters. The third-order valence-corrected chi connectivity index (χ3v) is 7.58. The number of nitriles is 1. The highest BCUT2D eigenvalue weighted by molar-refractivity contribution is 5.94. The van der Waals surface area contributed by atoms with Crippen LogP contribution in [-0.4, -0.2) is 51.9 Å². The average Bonchev–Trinajstić information content (AvgIpc) is 3.33. The molecule has 2 aliphatic rings. The number of hydrogen-bond donors (Lipinski definition) is 1. The molecule has 5 rings (SSSR count). The van der Waals surface area contributed by atoms with Crippen LogP contribution in [0.4, 0.5) is 5.82 Å². The van der Waals surface area contributed by atoms with Crippen LogP contribution in [0.2, 0.25) is 0 Å². The molecule has 2 fully saturated rings. The van der Waals surface area contributed by atoms with E-state index in [-0.39, 0.29) is 5.91 Å². The van der Waals surface area contributed by atoms with E-state index in [1.807, 2.05) is 23.2 Å². The zero-order valence-corrected chi connectivity index (χ0v) is 18.4. The molecule has 164 valence electrons. The Labute approximate surface area is 188 Å². The summed E-state index contributed by atoms with van der Waals surface area (Å²) in [5.41, 5.74) is 2.38. The highest BCUT2D eigenvalue weighted by Gasteiger charge is 2.40. The summed E-state index contributed by atoms with van der Waals surface area (Å²) in [6.07, 6.45) is 10.3. The molecule has 1 N–H and O–H groups in total. The number of piperidine rings is 1. The second-order valence-electron chi connectivity index (χ2n) is 9.26. The molecule has 1 saturated heterocycles. The first-order valence-electron chi connectivity index (χ1n) is 11.4. The van der Waals surface area contributed by atoms with Gasteiger partial charge in [-0.05, 0) is 68.2 Å². The first-order chi connectivity index (χ1) is 15.6. The molecule has 3 aromatic rings. The van der Waals surface area contributed by atoms with E-state index in [0.29, 0.717) is 22.6 Å². The van der Waals surface area contributed by atoms with Crippen LogP contribution in [-0.2, 0) is 0 Å². The van der Waals surface area contributed by atoms with Crippen LogP contribution in [0, 0.1) is 16.7 Å². The lowest BCUT2D eigenvalue weighted by molar-refractivity contribution is 0.0449. The molecule has 1 amide bonds. The normalized spacial score (nSPS) is 18.6. The number of carbonyl (C=O) groups excluding carboxylic acids is 1. The Morgan fingerprint density at radius 3 is 2.72 bits per heavy atom. The van der Waals surface area contributed by atoms with Crippen LogP contribution >= 0.6 is 0 Å². The van der Waals surface area contributed by atoms with Gasteiger partial charge in [-0.1, -0.05) is 6.07 Å². The SMILES string of the molecule is CN(c1ncnc2[nH]ccc12)C1CCC2(CC1)CCN(C(=O)c1cccc(C#N)c1)CC2. The summed E-state index contributed by atoms with van der Waals surface area (Å²) in [5.74, 6) is 1.04. The smallest absolute Gasteiger partial charge is 0.253 e. The summed E-state index contributed by atoms with van der Waals surface area (Å²) in [4.78, 5) is 29.2. The first kappa shape index (κ1) is 20.5. The van der Waals surface area contributed by atoms with Gasteiger partial charge in [0.1, 0.15) is 17.8 Å². The van der Waals surface area contributed by atoms with E-state index in [1.54, 1.807) is 24.5 Å². The van der Waals surface area contributed by atoms with Gasteiger partial charge < -0.3 is 14.8 Å². The number of benzene rings is 1. The third kappa shape index (κ3) is 3.70. The number of aromatic nitrogens is 3. The number of likely N-dealkylation sites (tertiary alicyclic amines) is 1. The molecule has 0 unspecified atom stereocenters. The molecule has 0 bridgehead atoms. The maximum atomic E-state index is 12.9. The van der Waals surface area contributed by atoms with Crippen LogP contribution < -0.4 is 4.90 Å². The van der Waals surface area contributed by atoms with Crippen LogP contribution in [0.5, 0.6) is 0 Å². The van der Waals surface area contributed by atoms with Crippen molar-refractivity contribution >= 4 is 22.8 Å². The van der Waals surface area contributed by atoms with Gasteiger partial charge in [-0.3, -0.25) is 4.79 Å². The van der Waals surface area contributed by atoms with Gasteiger partial charge in [0.15, 0.2) is 0 Å². The van der Waals surface area contributed by atoms with Crippen LogP contribution in [0.3, 0.4) is 0 Å². The Morgan fingerprint density at radius 1 is 1.19 bits per heavy atom. The summed E-state index contributed by atoms with van der Waals surface area (Å²) in [5, 5.41) is 10.2. The molecule has 1 aliphatic heterocycles. The highest BCUT2D eigenvalue weighted by Crippen LogP contribution is 2.46. The molecular weight excluding hydrogens is 400 g/mol. The Hall–Kier alpha value is -3.40. The molecule has 1 aliphatic carbocycles. The lowest BCUT2D eigenvalue weighted by Crippen LogP contribution is -2.46. The Bertz CT molecular complexity index is 1160. The number of anilines is 1. The van der Waals surface area contributed by atoms with E-state index in [4.69, 9.17) is 5.26 Å². The van der Waals surface area contributed by atoms with Gasteiger partial charge in [-0.25, -0.2) is 9.97 Å². The van der Waals surface area contributed by atoms with E-state index in [1.165, 1.54) is 12.8 Å². The molecule has 1 saturated carbocycles. The summed E-state index contributed by atoms with van der Waals surface area (Å²) in [6, 6.07) is 11.7. The van der Waals surface area contributed by atoms with Crippen molar-refractivity contribution < 1.29 is 4.79 Å². The fourth-order valence-corrected chi connectivity index (χ4v) is 5.50. The molecule has 7 nitrogen and oxygen atoms in total. The molecular formula is C25H28N6O. The minimum atomic E-state index is 0.0460. The molecule has 7 heteroatoms. The number of H-pyrrole nitrogens is 1. The number of nitrogens with zero attached hydrogens (tertiary/aromatic N) is 5. The van der Waals surface area contributed by atoms with Crippen molar-refractivity contribution in [3.8, 4) is 6.07 Å². The monoisotopic (exact) mass is 428 g/mol. The topological polar surface area (TPSA) is 88.9 Å². The van der Waals surface area contributed by atoms with Crippen molar-refractivity contribution in [3.63, 3.8) is 0 Å². The molecule has 32 heavy (non-hydrogen) atoms. The van der Waals surface area contributed by atoms with Crippen LogP contribution in [0.1, 0.15) is 54.4 Å². The largest absolute Gasteiger partial charge is 0.356 e. The standard InChI is InChI=1S/C25H28N6O/c1-30(23-21-7-12-27-22(21)28-17-29-23)20-5-8-25(9-6-20)10-13-31(14-11-25)24(32)19-4-2-3-18(15-19)16-26/h2-4,7,12,15,17,20H,5-6,8-11,13-14H2,1H3,(H,27,28,29). The average molecular weight is 429 g/mol. The molecule has 1 spiro atoms. The summed E-state index contributed by atoms with van der Waals surface area (Å²) in [6.45, 7) is 1.60.